The Balaban J connectivity index is 1.90. The van der Waals surface area contributed by atoms with Crippen LogP contribution in [0.5, 0.6) is 0 Å². The lowest BCUT2D eigenvalue weighted by atomic mass is 10.0. The van der Waals surface area contributed by atoms with Crippen LogP contribution in [0.25, 0.3) is 10.9 Å². The standard InChI is InChI=1S/C23H17FN2/c1-16-12-13-19-14-20(15-21(24)23(19)25-16)26-22(17-8-4-2-5-9-17)18-10-6-3-7-11-18/h2-15H,1H3. The second-order valence-electron chi connectivity index (χ2n) is 6.14. The molecule has 0 saturated carbocycles. The molecule has 0 atom stereocenters. The molecule has 2 nitrogen and oxygen atoms in total. The molecule has 4 aromatic rings. The first-order valence-electron chi connectivity index (χ1n) is 8.47. The van der Waals surface area contributed by atoms with Gasteiger partial charge in [-0.05, 0) is 19.1 Å². The van der Waals surface area contributed by atoms with Crippen molar-refractivity contribution in [2.45, 2.75) is 6.92 Å². The number of pyridine rings is 1. The molecule has 4 rings (SSSR count). The Morgan fingerprint density at radius 3 is 2.04 bits per heavy atom. The number of rotatable bonds is 3. The number of aliphatic imine (C=N–C) groups is 1. The molecule has 0 spiro atoms. The van der Waals surface area contributed by atoms with Gasteiger partial charge in [-0.2, -0.15) is 0 Å². The SMILES string of the molecule is Cc1ccc2cc(N=C(c3ccccc3)c3ccccc3)cc(F)c2n1. The van der Waals surface area contributed by atoms with E-state index in [1.54, 1.807) is 0 Å². The normalized spacial score (nSPS) is 10.7. The molecule has 126 valence electrons. The van der Waals surface area contributed by atoms with Crippen molar-refractivity contribution in [3.63, 3.8) is 0 Å². The first-order valence-corrected chi connectivity index (χ1v) is 8.47. The second kappa shape index (κ2) is 6.89. The number of hydrogen-bond acceptors (Lipinski definition) is 2. The van der Waals surface area contributed by atoms with Crippen LogP contribution in [0.1, 0.15) is 16.8 Å². The van der Waals surface area contributed by atoms with Crippen LogP contribution in [0.2, 0.25) is 0 Å². The van der Waals surface area contributed by atoms with Gasteiger partial charge in [-0.3, -0.25) is 4.98 Å². The highest BCUT2D eigenvalue weighted by molar-refractivity contribution is 6.14. The third-order valence-corrected chi connectivity index (χ3v) is 4.21. The zero-order valence-electron chi connectivity index (χ0n) is 14.4. The van der Waals surface area contributed by atoms with Gasteiger partial charge in [0.25, 0.3) is 0 Å². The molecule has 0 fully saturated rings. The van der Waals surface area contributed by atoms with Gasteiger partial charge < -0.3 is 0 Å². The average molecular weight is 340 g/mol. The summed E-state index contributed by atoms with van der Waals surface area (Å²) in [6, 6.07) is 26.9. The van der Waals surface area contributed by atoms with E-state index in [0.717, 1.165) is 27.9 Å². The van der Waals surface area contributed by atoms with Crippen molar-refractivity contribution in [3.05, 3.63) is 108 Å². The molecule has 0 aliphatic rings. The van der Waals surface area contributed by atoms with Crippen LogP contribution in [0.4, 0.5) is 10.1 Å². The van der Waals surface area contributed by atoms with E-state index in [9.17, 15) is 4.39 Å². The molecular weight excluding hydrogens is 323 g/mol. The van der Waals surface area contributed by atoms with Crippen LogP contribution < -0.4 is 0 Å². The zero-order valence-corrected chi connectivity index (χ0v) is 14.4. The monoisotopic (exact) mass is 340 g/mol. The molecule has 0 bridgehead atoms. The Morgan fingerprint density at radius 1 is 0.808 bits per heavy atom. The predicted molar refractivity (Wildman–Crippen MR) is 105 cm³/mol. The van der Waals surface area contributed by atoms with Crippen molar-refractivity contribution in [1.29, 1.82) is 0 Å². The number of benzene rings is 3. The fourth-order valence-corrected chi connectivity index (χ4v) is 2.96. The van der Waals surface area contributed by atoms with E-state index in [1.807, 2.05) is 85.8 Å². The molecule has 0 saturated heterocycles. The molecule has 26 heavy (non-hydrogen) atoms. The Bertz CT molecular complexity index is 1050. The van der Waals surface area contributed by atoms with Crippen LogP contribution in [-0.2, 0) is 0 Å². The van der Waals surface area contributed by atoms with Gasteiger partial charge in [0.15, 0.2) is 5.82 Å². The van der Waals surface area contributed by atoms with E-state index in [0.29, 0.717) is 11.2 Å². The van der Waals surface area contributed by atoms with Crippen LogP contribution in [-0.4, -0.2) is 10.7 Å². The second-order valence-corrected chi connectivity index (χ2v) is 6.14. The predicted octanol–water partition coefficient (Wildman–Crippen LogP) is 5.85. The summed E-state index contributed by atoms with van der Waals surface area (Å²) in [4.78, 5) is 9.07. The van der Waals surface area contributed by atoms with Crippen LogP contribution in [0.3, 0.4) is 0 Å². The van der Waals surface area contributed by atoms with Gasteiger partial charge in [0.05, 0.1) is 11.4 Å². The van der Waals surface area contributed by atoms with Crippen molar-refractivity contribution >= 4 is 22.3 Å². The van der Waals surface area contributed by atoms with Gasteiger partial charge in [-0.1, -0.05) is 66.7 Å². The van der Waals surface area contributed by atoms with E-state index in [-0.39, 0.29) is 5.82 Å². The third-order valence-electron chi connectivity index (χ3n) is 4.21. The molecule has 3 heteroatoms. The fraction of sp³-hybridized carbons (Fsp3) is 0.0435. The Morgan fingerprint density at radius 2 is 1.42 bits per heavy atom. The minimum atomic E-state index is -0.356. The van der Waals surface area contributed by atoms with Gasteiger partial charge in [-0.15, -0.1) is 0 Å². The van der Waals surface area contributed by atoms with Crippen molar-refractivity contribution < 1.29 is 4.39 Å². The van der Waals surface area contributed by atoms with E-state index >= 15 is 0 Å². The topological polar surface area (TPSA) is 25.2 Å². The Hall–Kier alpha value is -3.33. The summed E-state index contributed by atoms with van der Waals surface area (Å²) in [6.45, 7) is 1.86. The molecule has 0 aliphatic heterocycles. The highest BCUT2D eigenvalue weighted by atomic mass is 19.1. The summed E-state index contributed by atoms with van der Waals surface area (Å²) >= 11 is 0. The van der Waals surface area contributed by atoms with Gasteiger partial charge in [0.1, 0.15) is 5.52 Å². The lowest BCUT2D eigenvalue weighted by Crippen LogP contribution is -2.02. The van der Waals surface area contributed by atoms with E-state index in [2.05, 4.69) is 4.98 Å². The molecule has 1 aromatic heterocycles. The maximum absolute atomic E-state index is 14.6. The molecule has 0 radical (unpaired) electrons. The van der Waals surface area contributed by atoms with E-state index in [4.69, 9.17) is 4.99 Å². The quantitative estimate of drug-likeness (QED) is 0.429. The maximum atomic E-state index is 14.6. The first kappa shape index (κ1) is 16.2. The van der Waals surface area contributed by atoms with Crippen molar-refractivity contribution in [3.8, 4) is 0 Å². The lowest BCUT2D eigenvalue weighted by Gasteiger charge is -2.09. The summed E-state index contributed by atoms with van der Waals surface area (Å²) in [5.74, 6) is -0.356. The van der Waals surface area contributed by atoms with Crippen LogP contribution >= 0.6 is 0 Å². The lowest BCUT2D eigenvalue weighted by molar-refractivity contribution is 0.637. The largest absolute Gasteiger partial charge is 0.250 e. The molecule has 0 amide bonds. The molecule has 0 unspecified atom stereocenters. The number of hydrogen-bond donors (Lipinski definition) is 0. The van der Waals surface area contributed by atoms with Crippen LogP contribution in [0.15, 0.2) is 89.9 Å². The third kappa shape index (κ3) is 3.24. The zero-order chi connectivity index (χ0) is 17.9. The van der Waals surface area contributed by atoms with E-state index < -0.39 is 0 Å². The minimum absolute atomic E-state index is 0.356. The molecule has 0 N–H and O–H groups in total. The summed E-state index contributed by atoms with van der Waals surface area (Å²) in [5.41, 5.74) is 4.53. The highest BCUT2D eigenvalue weighted by Gasteiger charge is 2.09. The van der Waals surface area contributed by atoms with Crippen molar-refractivity contribution in [2.24, 2.45) is 4.99 Å². The minimum Gasteiger partial charge on any atom is -0.250 e. The number of aromatic nitrogens is 1. The number of halogens is 1. The van der Waals surface area contributed by atoms with Gasteiger partial charge in [-0.25, -0.2) is 9.38 Å². The van der Waals surface area contributed by atoms with Crippen molar-refractivity contribution in [2.75, 3.05) is 0 Å². The van der Waals surface area contributed by atoms with Gasteiger partial charge >= 0.3 is 0 Å². The summed E-state index contributed by atoms with van der Waals surface area (Å²) < 4.78 is 14.6. The fourth-order valence-electron chi connectivity index (χ4n) is 2.96. The smallest absolute Gasteiger partial charge is 0.151 e. The molecule has 1 heterocycles. The van der Waals surface area contributed by atoms with Crippen LogP contribution in [0, 0.1) is 12.7 Å². The Labute approximate surface area is 151 Å². The number of fused-ring (bicyclic) bond motifs is 1. The summed E-state index contributed by atoms with van der Waals surface area (Å²) in [7, 11) is 0. The maximum Gasteiger partial charge on any atom is 0.151 e. The molecule has 0 aliphatic carbocycles. The van der Waals surface area contributed by atoms with E-state index in [1.165, 1.54) is 6.07 Å². The summed E-state index contributed by atoms with van der Waals surface area (Å²) in [6.07, 6.45) is 0. The average Bonchev–Trinajstić information content (AvgIpc) is 2.68. The Kier molecular flexibility index (Phi) is 4.28. The van der Waals surface area contributed by atoms with Gasteiger partial charge in [0.2, 0.25) is 0 Å². The number of nitrogens with zero attached hydrogens (tertiary/aromatic N) is 2. The van der Waals surface area contributed by atoms with Crippen molar-refractivity contribution in [1.82, 2.24) is 4.98 Å². The highest BCUT2D eigenvalue weighted by Crippen LogP contribution is 2.25. The summed E-state index contributed by atoms with van der Waals surface area (Å²) in [5, 5.41) is 0.745. The van der Waals surface area contributed by atoms with Gasteiger partial charge in [0, 0.05) is 28.3 Å². The molecular formula is C23H17FN2. The number of aryl methyl sites for hydroxylation is 1. The first-order chi connectivity index (χ1) is 12.7. The molecule has 3 aromatic carbocycles.